The van der Waals surface area contributed by atoms with E-state index >= 15 is 0 Å². The molecular weight excluding hydrogens is 1520 g/mol. The van der Waals surface area contributed by atoms with E-state index in [-0.39, 0.29) is 23.2 Å². The molecule has 7 rings (SSSR count). The number of unbranched alkanes of at least 4 members (excludes halogenated alkanes) is 14. The van der Waals surface area contributed by atoms with Gasteiger partial charge in [-0.15, -0.1) is 11.3 Å². The fraction of sp³-hybridized carbons (Fsp3) is 0.764. The third kappa shape index (κ3) is 25.2. The van der Waals surface area contributed by atoms with Gasteiger partial charge >= 0.3 is 12.1 Å². The Kier molecular flexibility index (Phi) is 37.7. The SMILES string of the molecule is CCCCCCCCCCCCCCCCCC(=O)N[C@@H](CO[C@@H]1O[C@H](CO)[C@@H](O[C@@H]2O[C@H](CO)[C@H](O[C@@H]3O[C@H](CO)[C@H](O)[C@H](O[C@@H]4O[C@H](CO)[C@H](O)[C@H](O)[C@H]4O)[C@H]3NC(C)=O)[C@H](O[C@]3(C(=O)O)C[C@H](O)C(NC(C)=O)C([C@H](O)[C@H](O)CO)O3)[C@H]2O)[C@H](O)[C@H]1O)[C@H](O)/C=C/C(=O)Nc1csc(C(F)(F)F)c1-c1ccccc1. The molecule has 0 spiro atoms. The van der Waals surface area contributed by atoms with Crippen LogP contribution in [0.3, 0.4) is 0 Å². The molecule has 6 heterocycles. The first-order valence-corrected chi connectivity index (χ1v) is 38.5. The summed E-state index contributed by atoms with van der Waals surface area (Å²) in [6, 6.07) is 2.10. The molecule has 0 bridgehead atoms. The Morgan fingerprint density at radius 1 is 0.607 bits per heavy atom. The lowest BCUT2D eigenvalue weighted by Gasteiger charge is -2.52. The van der Waals surface area contributed by atoms with Gasteiger partial charge in [0.25, 0.3) is 5.79 Å². The number of aliphatic hydroxyl groups excluding tert-OH is 16. The van der Waals surface area contributed by atoms with Crippen LogP contribution >= 0.6 is 11.3 Å². The molecule has 0 radical (unpaired) electrons. The lowest BCUT2D eigenvalue weighted by molar-refractivity contribution is -0.403. The molecular formula is C72H111F3N4O32S. The van der Waals surface area contributed by atoms with E-state index < -0.39 is 258 Å². The number of nitrogens with one attached hydrogen (secondary N) is 4. The first-order valence-electron chi connectivity index (χ1n) is 37.7. The highest BCUT2D eigenvalue weighted by Gasteiger charge is 2.62. The zero-order valence-corrected chi connectivity index (χ0v) is 63.1. The number of ether oxygens (including phenoxy) is 10. The molecule has 5 aliphatic heterocycles. The van der Waals surface area contributed by atoms with Crippen LogP contribution in [-0.4, -0.2) is 327 Å². The number of carboxylic acid groups (broad SMARTS) is 1. The standard InChI is InChI=1S/C72H111F3N4O32S/c1-4-5-6-7-8-9-10-11-12-13-14-15-16-17-21-24-47(90)78-38(40(87)25-26-48(91)79-39-34-112-65(72(73,74)75)49(39)37-22-19-18-20-23-37)33-102-67-58(98)56(96)60(45(31-83)105-67)107-69-59(99)64(111-71(70(100)101)27-41(88)50(76-35(2)85)63(110-71)52(92)42(89)28-80)61(46(32-84)106-69)108-66-51(77-36(3)86)62(54(94)44(30-82)103-66)109-68-57(97)55(95)53(93)43(29-81)104-68/h18-20,22-23,25-26,34,38,40-46,50-64,66-69,80-84,87-89,92-99H,4-17,21,24,27-33H2,1-3H3,(H,76,85)(H,77,86)(H,78,90)(H,79,91)(H,100,101)/b26-25+/t38-,40+,41-,42+,43+,44+,45+,46+,50?,51+,52+,53-,54-,55-,56+,57+,58+,59+,60+,61-,62+,63?,64+,66-,67+,68-,69-,71-/m0/s1. The lowest BCUT2D eigenvalue weighted by Crippen LogP contribution is -2.72. The van der Waals surface area contributed by atoms with Crippen molar-refractivity contribution >= 4 is 46.6 Å². The Morgan fingerprint density at radius 2 is 1.12 bits per heavy atom. The maximum absolute atomic E-state index is 14.3. The molecule has 1 aromatic heterocycles. The average Bonchev–Trinajstić information content (AvgIpc) is 0.930. The monoisotopic (exact) mass is 1630 g/mol. The van der Waals surface area contributed by atoms with Crippen molar-refractivity contribution in [3.05, 3.63) is 52.7 Å². The molecule has 2 aromatic rings. The quantitative estimate of drug-likeness (QED) is 0.0244. The molecule has 0 aliphatic carbocycles. The van der Waals surface area contributed by atoms with Gasteiger partial charge in [-0.05, 0) is 18.1 Å². The Balaban J connectivity index is 1.14. The molecule has 1 aromatic carbocycles. The van der Waals surface area contributed by atoms with E-state index in [0.717, 1.165) is 69.9 Å². The van der Waals surface area contributed by atoms with Gasteiger partial charge in [-0.25, -0.2) is 4.79 Å². The number of carbonyl (C=O) groups is 5. The molecule has 5 saturated heterocycles. The van der Waals surface area contributed by atoms with Crippen molar-refractivity contribution in [3.63, 3.8) is 0 Å². The number of halogens is 3. The predicted octanol–water partition coefficient (Wildman–Crippen LogP) is -2.36. The molecule has 5 fully saturated rings. The third-order valence-electron chi connectivity index (χ3n) is 20.1. The van der Waals surface area contributed by atoms with Gasteiger partial charge in [-0.1, -0.05) is 127 Å². The number of thiophene rings is 1. The van der Waals surface area contributed by atoms with Crippen molar-refractivity contribution in [2.75, 3.05) is 45.0 Å². The number of amides is 4. The summed E-state index contributed by atoms with van der Waals surface area (Å²) in [4.78, 5) is 65.6. The van der Waals surface area contributed by atoms with Crippen LogP contribution in [0.25, 0.3) is 11.1 Å². The highest BCUT2D eigenvalue weighted by molar-refractivity contribution is 7.11. The zero-order chi connectivity index (χ0) is 82.3. The van der Waals surface area contributed by atoms with Crippen molar-refractivity contribution in [2.45, 2.75) is 307 Å². The van der Waals surface area contributed by atoms with Gasteiger partial charge in [0, 0.05) is 43.7 Å². The molecule has 36 nitrogen and oxygen atoms in total. The van der Waals surface area contributed by atoms with E-state index in [1.165, 1.54) is 69.2 Å². The fourth-order valence-electron chi connectivity index (χ4n) is 14.1. The van der Waals surface area contributed by atoms with Crippen molar-refractivity contribution in [1.82, 2.24) is 16.0 Å². The minimum Gasteiger partial charge on any atom is -0.477 e. The van der Waals surface area contributed by atoms with Gasteiger partial charge < -0.3 is 155 Å². The maximum atomic E-state index is 14.3. The smallest absolute Gasteiger partial charge is 0.426 e. The van der Waals surface area contributed by atoms with Crippen LogP contribution in [0, 0.1) is 0 Å². The molecule has 28 atom stereocenters. The molecule has 2 unspecified atom stereocenters. The van der Waals surface area contributed by atoms with Crippen molar-refractivity contribution < 1.29 is 171 Å². The van der Waals surface area contributed by atoms with Crippen LogP contribution in [0.15, 0.2) is 47.9 Å². The molecule has 40 heteroatoms. The third-order valence-corrected chi connectivity index (χ3v) is 21.1. The summed E-state index contributed by atoms with van der Waals surface area (Å²) in [6.45, 7) is -2.61. The Hall–Kier alpha value is -5.24. The van der Waals surface area contributed by atoms with Gasteiger partial charge in [0.15, 0.2) is 25.2 Å². The molecule has 112 heavy (non-hydrogen) atoms. The van der Waals surface area contributed by atoms with Crippen LogP contribution < -0.4 is 21.3 Å². The van der Waals surface area contributed by atoms with Crippen LogP contribution in [0.1, 0.15) is 135 Å². The second kappa shape index (κ2) is 44.9. The molecule has 4 amide bonds. The normalized spacial score (nSPS) is 33.6. The number of carboxylic acids is 1. The largest absolute Gasteiger partial charge is 0.477 e. The van der Waals surface area contributed by atoms with E-state index in [1.807, 2.05) is 0 Å². The van der Waals surface area contributed by atoms with Crippen LogP contribution in [0.2, 0.25) is 0 Å². The van der Waals surface area contributed by atoms with E-state index in [4.69, 9.17) is 47.4 Å². The summed E-state index contributed by atoms with van der Waals surface area (Å²) in [7, 11) is 0. The van der Waals surface area contributed by atoms with E-state index in [9.17, 15) is 124 Å². The summed E-state index contributed by atoms with van der Waals surface area (Å²) < 4.78 is 102. The summed E-state index contributed by atoms with van der Waals surface area (Å²) in [6.07, 6.45) is -40.5. The average molecular weight is 1630 g/mol. The number of alkyl halides is 3. The van der Waals surface area contributed by atoms with E-state index in [2.05, 4.69) is 28.2 Å². The van der Waals surface area contributed by atoms with Crippen molar-refractivity contribution in [3.8, 4) is 11.1 Å². The minimum absolute atomic E-state index is 0.0700. The van der Waals surface area contributed by atoms with Gasteiger partial charge in [0.2, 0.25) is 23.6 Å². The highest BCUT2D eigenvalue weighted by atomic mass is 32.1. The first kappa shape index (κ1) is 93.9. The number of hydrogen-bond acceptors (Lipinski definition) is 32. The lowest BCUT2D eigenvalue weighted by atomic mass is 9.88. The van der Waals surface area contributed by atoms with Crippen LogP contribution in [0.4, 0.5) is 18.9 Å². The Labute approximate surface area is 647 Å². The number of carbonyl (C=O) groups excluding carboxylic acids is 4. The fourth-order valence-corrected chi connectivity index (χ4v) is 15.0. The summed E-state index contributed by atoms with van der Waals surface area (Å²) >= 11 is 0.334. The summed E-state index contributed by atoms with van der Waals surface area (Å²) in [5.74, 6) is -9.17. The minimum atomic E-state index is -4.81. The van der Waals surface area contributed by atoms with Crippen molar-refractivity contribution in [2.24, 2.45) is 0 Å². The number of rotatable bonds is 43. The number of anilines is 1. The first-order chi connectivity index (χ1) is 53.3. The van der Waals surface area contributed by atoms with Crippen molar-refractivity contribution in [1.29, 1.82) is 0 Å². The molecule has 0 saturated carbocycles. The van der Waals surface area contributed by atoms with Gasteiger partial charge in [0.05, 0.1) is 69.6 Å². The summed E-state index contributed by atoms with van der Waals surface area (Å²) in [5, 5.41) is 200. The molecule has 638 valence electrons. The number of aliphatic carboxylic acids is 1. The Morgan fingerprint density at radius 3 is 1.68 bits per heavy atom. The van der Waals surface area contributed by atoms with Gasteiger partial charge in [-0.2, -0.15) is 13.2 Å². The molecule has 5 aliphatic rings. The Bertz CT molecular complexity index is 3230. The number of aliphatic hydroxyl groups is 16. The number of hydrogen-bond donors (Lipinski definition) is 21. The highest BCUT2D eigenvalue weighted by Crippen LogP contribution is 2.46. The maximum Gasteiger partial charge on any atom is 0.426 e. The van der Waals surface area contributed by atoms with Crippen LogP contribution in [0.5, 0.6) is 0 Å². The van der Waals surface area contributed by atoms with E-state index in [0.29, 0.717) is 24.2 Å². The number of benzene rings is 1. The molecule has 21 N–H and O–H groups in total. The topological polar surface area (TPSA) is 570 Å². The van der Waals surface area contributed by atoms with Gasteiger partial charge in [-0.3, -0.25) is 19.2 Å². The second-order valence-electron chi connectivity index (χ2n) is 28.6. The second-order valence-corrected chi connectivity index (χ2v) is 29.5. The van der Waals surface area contributed by atoms with E-state index in [1.54, 1.807) is 6.07 Å². The van der Waals surface area contributed by atoms with Crippen LogP contribution in [-0.2, 0) is 77.5 Å². The van der Waals surface area contributed by atoms with Gasteiger partial charge in [0.1, 0.15) is 121 Å². The predicted molar refractivity (Wildman–Crippen MR) is 381 cm³/mol. The summed E-state index contributed by atoms with van der Waals surface area (Å²) in [5.41, 5.74) is -0.407. The zero-order valence-electron chi connectivity index (χ0n) is 62.2.